The highest BCUT2D eigenvalue weighted by Crippen LogP contribution is 2.60. The molecule has 0 N–H and O–H groups in total. The molecule has 0 saturated heterocycles. The molecule has 156 valence electrons. The van der Waals surface area contributed by atoms with Crippen molar-refractivity contribution in [2.75, 3.05) is 0 Å². The van der Waals surface area contributed by atoms with Gasteiger partial charge >= 0.3 is 0 Å². The Morgan fingerprint density at radius 2 is 1.81 bits per heavy atom. The lowest BCUT2D eigenvalue weighted by molar-refractivity contribution is 0.140. The van der Waals surface area contributed by atoms with Crippen LogP contribution in [0.1, 0.15) is 105 Å². The standard InChI is InChI=1S/C26H45Br/c1-6-20-17-22(27)15-14-21(20)16-18(2)10-9-12-23-19(3)26(4,5)25-13-8-7-11-24(23)25/h19-25H,2,6-17H2,1,3-5H3. The molecular weight excluding hydrogens is 392 g/mol. The van der Waals surface area contributed by atoms with Crippen molar-refractivity contribution in [2.24, 2.45) is 40.9 Å². The number of hydrogen-bond acceptors (Lipinski definition) is 0. The second-order valence-electron chi connectivity index (χ2n) is 11.0. The Hall–Kier alpha value is 0.220. The van der Waals surface area contributed by atoms with Crippen LogP contribution >= 0.6 is 15.9 Å². The summed E-state index contributed by atoms with van der Waals surface area (Å²) in [5.74, 6) is 5.72. The Morgan fingerprint density at radius 3 is 2.56 bits per heavy atom. The normalized spacial score (nSPS) is 41.3. The largest absolute Gasteiger partial charge is 0.0999 e. The molecule has 0 heterocycles. The van der Waals surface area contributed by atoms with E-state index in [-0.39, 0.29) is 0 Å². The van der Waals surface area contributed by atoms with Crippen LogP contribution in [0.4, 0.5) is 0 Å². The van der Waals surface area contributed by atoms with E-state index >= 15 is 0 Å². The summed E-state index contributed by atoms with van der Waals surface area (Å²) in [5, 5.41) is 0. The van der Waals surface area contributed by atoms with Gasteiger partial charge in [-0.3, -0.25) is 0 Å². The van der Waals surface area contributed by atoms with Gasteiger partial charge in [-0.05, 0) is 98.7 Å². The van der Waals surface area contributed by atoms with Gasteiger partial charge < -0.3 is 0 Å². The van der Waals surface area contributed by atoms with Gasteiger partial charge in [-0.25, -0.2) is 0 Å². The number of alkyl halides is 1. The number of fused-ring (bicyclic) bond motifs is 1. The monoisotopic (exact) mass is 436 g/mol. The topological polar surface area (TPSA) is 0 Å². The highest BCUT2D eigenvalue weighted by atomic mass is 79.9. The Labute approximate surface area is 178 Å². The molecule has 0 amide bonds. The Morgan fingerprint density at radius 1 is 1.07 bits per heavy atom. The lowest BCUT2D eigenvalue weighted by atomic mass is 9.70. The number of allylic oxidation sites excluding steroid dienone is 1. The van der Waals surface area contributed by atoms with Gasteiger partial charge in [0.15, 0.2) is 0 Å². The maximum absolute atomic E-state index is 4.52. The average Bonchev–Trinajstić information content (AvgIpc) is 2.84. The van der Waals surface area contributed by atoms with Gasteiger partial charge in [-0.15, -0.1) is 0 Å². The first-order valence-electron chi connectivity index (χ1n) is 12.1. The average molecular weight is 438 g/mol. The summed E-state index contributed by atoms with van der Waals surface area (Å²) < 4.78 is 0. The van der Waals surface area contributed by atoms with Gasteiger partial charge in [0.25, 0.3) is 0 Å². The molecule has 7 atom stereocenters. The summed E-state index contributed by atoms with van der Waals surface area (Å²) in [6.45, 7) is 14.6. The van der Waals surface area contributed by atoms with Crippen molar-refractivity contribution in [1.29, 1.82) is 0 Å². The second-order valence-corrected chi connectivity index (χ2v) is 12.3. The van der Waals surface area contributed by atoms with Crippen LogP contribution in [-0.4, -0.2) is 4.83 Å². The number of hydrogen-bond donors (Lipinski definition) is 0. The SMILES string of the molecule is C=C(CCCC1C2CCCCC2C(C)(C)C1C)CC1CCC(Br)CC1CC. The van der Waals surface area contributed by atoms with E-state index < -0.39 is 0 Å². The fourth-order valence-electron chi connectivity index (χ4n) is 7.42. The number of rotatable bonds is 7. The Balaban J connectivity index is 1.47. The van der Waals surface area contributed by atoms with Gasteiger partial charge in [-0.1, -0.05) is 75.0 Å². The fourth-order valence-corrected chi connectivity index (χ4v) is 8.16. The first-order chi connectivity index (χ1) is 12.8. The minimum absolute atomic E-state index is 0.565. The van der Waals surface area contributed by atoms with E-state index in [0.29, 0.717) is 5.41 Å². The highest BCUT2D eigenvalue weighted by molar-refractivity contribution is 9.09. The Kier molecular flexibility index (Phi) is 7.59. The smallest absolute Gasteiger partial charge is 0.0148 e. The predicted molar refractivity (Wildman–Crippen MR) is 123 cm³/mol. The van der Waals surface area contributed by atoms with Crippen LogP contribution in [0.15, 0.2) is 12.2 Å². The van der Waals surface area contributed by atoms with Crippen molar-refractivity contribution in [2.45, 2.75) is 110 Å². The van der Waals surface area contributed by atoms with Crippen LogP contribution in [0.2, 0.25) is 0 Å². The molecule has 0 nitrogen and oxygen atoms in total. The molecule has 0 aliphatic heterocycles. The second kappa shape index (κ2) is 9.36. The maximum atomic E-state index is 4.52. The number of halogens is 1. The van der Waals surface area contributed by atoms with E-state index in [1.165, 1.54) is 77.0 Å². The molecule has 1 heteroatoms. The maximum Gasteiger partial charge on any atom is 0.0148 e. The predicted octanol–water partition coefficient (Wildman–Crippen LogP) is 8.79. The molecule has 27 heavy (non-hydrogen) atoms. The fraction of sp³-hybridized carbons (Fsp3) is 0.923. The minimum Gasteiger partial charge on any atom is -0.0999 e. The van der Waals surface area contributed by atoms with Gasteiger partial charge in [0.1, 0.15) is 0 Å². The minimum atomic E-state index is 0.565. The van der Waals surface area contributed by atoms with Crippen molar-refractivity contribution in [3.05, 3.63) is 12.2 Å². The van der Waals surface area contributed by atoms with Crippen LogP contribution < -0.4 is 0 Å². The van der Waals surface area contributed by atoms with E-state index in [9.17, 15) is 0 Å². The van der Waals surface area contributed by atoms with E-state index in [4.69, 9.17) is 0 Å². The molecular formula is C26H45Br. The third-order valence-electron chi connectivity index (χ3n) is 9.36. The zero-order valence-electron chi connectivity index (χ0n) is 18.6. The zero-order chi connectivity index (χ0) is 19.6. The van der Waals surface area contributed by atoms with Crippen LogP contribution in [0, 0.1) is 40.9 Å². The van der Waals surface area contributed by atoms with Crippen molar-refractivity contribution < 1.29 is 0 Å². The summed E-state index contributed by atoms with van der Waals surface area (Å²) in [6, 6.07) is 0. The first kappa shape index (κ1) is 21.9. The third kappa shape index (κ3) is 4.87. The summed E-state index contributed by atoms with van der Waals surface area (Å²) in [4.78, 5) is 0.766. The van der Waals surface area contributed by atoms with E-state index in [1.54, 1.807) is 5.57 Å². The molecule has 0 spiro atoms. The van der Waals surface area contributed by atoms with Crippen LogP contribution in [0.3, 0.4) is 0 Å². The zero-order valence-corrected chi connectivity index (χ0v) is 20.2. The highest BCUT2D eigenvalue weighted by Gasteiger charge is 2.52. The molecule has 3 aliphatic carbocycles. The summed E-state index contributed by atoms with van der Waals surface area (Å²) >= 11 is 3.86. The van der Waals surface area contributed by atoms with Crippen molar-refractivity contribution in [3.8, 4) is 0 Å². The molecule has 3 rings (SSSR count). The molecule has 0 aromatic rings. The van der Waals surface area contributed by atoms with E-state index in [0.717, 1.165) is 40.3 Å². The van der Waals surface area contributed by atoms with Gasteiger partial charge in [-0.2, -0.15) is 0 Å². The van der Waals surface area contributed by atoms with Gasteiger partial charge in [0.05, 0.1) is 0 Å². The van der Waals surface area contributed by atoms with E-state index in [2.05, 4.69) is 50.2 Å². The lowest BCUT2D eigenvalue weighted by Crippen LogP contribution is -2.27. The van der Waals surface area contributed by atoms with Crippen LogP contribution in [0.5, 0.6) is 0 Å². The lowest BCUT2D eigenvalue weighted by Gasteiger charge is -2.35. The first-order valence-corrected chi connectivity index (χ1v) is 13.1. The molecule has 3 saturated carbocycles. The van der Waals surface area contributed by atoms with Crippen LogP contribution in [0.25, 0.3) is 0 Å². The molecule has 3 fully saturated rings. The molecule has 3 aliphatic rings. The molecule has 0 aromatic heterocycles. The van der Waals surface area contributed by atoms with E-state index in [1.807, 2.05) is 0 Å². The molecule has 0 aromatic carbocycles. The van der Waals surface area contributed by atoms with Crippen molar-refractivity contribution >= 4 is 15.9 Å². The molecule has 0 radical (unpaired) electrons. The summed E-state index contributed by atoms with van der Waals surface area (Å²) in [6.07, 6.45) is 16.9. The van der Waals surface area contributed by atoms with Crippen molar-refractivity contribution in [3.63, 3.8) is 0 Å². The molecule has 0 bridgehead atoms. The van der Waals surface area contributed by atoms with Gasteiger partial charge in [0.2, 0.25) is 0 Å². The Bertz CT molecular complexity index is 492. The molecule has 7 unspecified atom stereocenters. The van der Waals surface area contributed by atoms with Gasteiger partial charge in [0, 0.05) is 4.83 Å². The summed E-state index contributed by atoms with van der Waals surface area (Å²) in [5.41, 5.74) is 2.12. The summed E-state index contributed by atoms with van der Waals surface area (Å²) in [7, 11) is 0. The van der Waals surface area contributed by atoms with Crippen molar-refractivity contribution in [1.82, 2.24) is 0 Å². The third-order valence-corrected chi connectivity index (χ3v) is 10.2. The quantitative estimate of drug-likeness (QED) is 0.276. The van der Waals surface area contributed by atoms with Crippen LogP contribution in [-0.2, 0) is 0 Å².